The summed E-state index contributed by atoms with van der Waals surface area (Å²) in [5, 5.41) is 2.83. The lowest BCUT2D eigenvalue weighted by Crippen LogP contribution is -2.43. The summed E-state index contributed by atoms with van der Waals surface area (Å²) in [6.45, 7) is 0.762. The molecule has 0 saturated carbocycles. The average Bonchev–Trinajstić information content (AvgIpc) is 2.38. The van der Waals surface area contributed by atoms with Crippen LogP contribution in [0.5, 0.6) is 0 Å². The number of hydrogen-bond donors (Lipinski definition) is 1. The van der Waals surface area contributed by atoms with Crippen molar-refractivity contribution in [3.63, 3.8) is 0 Å². The molecule has 1 aliphatic rings. The van der Waals surface area contributed by atoms with Crippen molar-refractivity contribution in [2.24, 2.45) is 5.92 Å². The van der Waals surface area contributed by atoms with Crippen LogP contribution in [0.2, 0.25) is 0 Å². The molecule has 1 aliphatic heterocycles. The van der Waals surface area contributed by atoms with Crippen molar-refractivity contribution in [3.8, 4) is 0 Å². The Hall–Kier alpha value is -0.920. The number of piperidine rings is 1. The molecule has 1 heterocycles. The maximum absolute atomic E-state index is 12.2. The Bertz CT molecular complexity index is 603. The number of anilines is 1. The quantitative estimate of drug-likeness (QED) is 0.896. The van der Waals surface area contributed by atoms with Crippen molar-refractivity contribution >= 4 is 37.5 Å². The molecular weight excluding hydrogens is 344 g/mol. The Labute approximate surface area is 127 Å². The van der Waals surface area contributed by atoms with Gasteiger partial charge < -0.3 is 5.32 Å². The van der Waals surface area contributed by atoms with Gasteiger partial charge in [0.2, 0.25) is 15.9 Å². The van der Waals surface area contributed by atoms with E-state index in [-0.39, 0.29) is 18.4 Å². The van der Waals surface area contributed by atoms with Gasteiger partial charge in [-0.25, -0.2) is 12.7 Å². The molecule has 0 aromatic heterocycles. The smallest absolute Gasteiger partial charge is 0.228 e. The van der Waals surface area contributed by atoms with Crippen LogP contribution in [0.1, 0.15) is 12.8 Å². The summed E-state index contributed by atoms with van der Waals surface area (Å²) in [5.41, 5.74) is 0.709. The number of nitrogens with one attached hydrogen (secondary N) is 1. The Balaban J connectivity index is 2.02. The van der Waals surface area contributed by atoms with E-state index in [9.17, 15) is 13.2 Å². The third kappa shape index (κ3) is 4.04. The Morgan fingerprint density at radius 3 is 2.85 bits per heavy atom. The molecule has 1 N–H and O–H groups in total. The molecule has 1 fully saturated rings. The first-order valence-corrected chi connectivity index (χ1v) is 9.02. The molecule has 110 valence electrons. The van der Waals surface area contributed by atoms with Gasteiger partial charge in [0.05, 0.1) is 12.2 Å². The van der Waals surface area contributed by atoms with E-state index in [1.165, 1.54) is 10.6 Å². The number of rotatable bonds is 3. The number of benzene rings is 1. The fraction of sp³-hybridized carbons (Fsp3) is 0.462. The molecule has 5 nitrogen and oxygen atoms in total. The second kappa shape index (κ2) is 6.24. The molecule has 0 aliphatic carbocycles. The van der Waals surface area contributed by atoms with E-state index in [1.54, 1.807) is 6.07 Å². The first-order chi connectivity index (χ1) is 9.36. The van der Waals surface area contributed by atoms with E-state index >= 15 is 0 Å². The standard InChI is InChI=1S/C13H17BrN2O3S/c1-20(18,19)16-7-3-4-10(9-16)13(17)15-12-6-2-5-11(14)8-12/h2,5-6,8,10H,3-4,7,9H2,1H3,(H,15,17)/t10-/m1/s1. The Morgan fingerprint density at radius 2 is 2.20 bits per heavy atom. The van der Waals surface area contributed by atoms with Gasteiger partial charge in [0.1, 0.15) is 0 Å². The molecule has 1 saturated heterocycles. The molecule has 0 spiro atoms. The lowest BCUT2D eigenvalue weighted by atomic mass is 9.99. The predicted molar refractivity (Wildman–Crippen MR) is 81.9 cm³/mol. The zero-order chi connectivity index (χ0) is 14.8. The minimum absolute atomic E-state index is 0.128. The van der Waals surface area contributed by atoms with Crippen LogP contribution < -0.4 is 5.32 Å². The predicted octanol–water partition coefficient (Wildman–Crippen LogP) is 2.06. The van der Waals surface area contributed by atoms with Crippen LogP contribution in [0.25, 0.3) is 0 Å². The van der Waals surface area contributed by atoms with Gasteiger partial charge in [-0.3, -0.25) is 4.79 Å². The average molecular weight is 361 g/mol. The molecule has 1 aromatic rings. The molecule has 1 amide bonds. The van der Waals surface area contributed by atoms with Crippen LogP contribution in [-0.2, 0) is 14.8 Å². The fourth-order valence-corrected chi connectivity index (χ4v) is 3.58. The fourth-order valence-electron chi connectivity index (χ4n) is 2.27. The Kier molecular flexibility index (Phi) is 4.82. The van der Waals surface area contributed by atoms with Gasteiger partial charge in [0, 0.05) is 23.2 Å². The number of amides is 1. The van der Waals surface area contributed by atoms with Crippen molar-refractivity contribution in [1.82, 2.24) is 4.31 Å². The molecule has 1 atom stereocenters. The normalized spacial score (nSPS) is 20.6. The molecule has 0 unspecified atom stereocenters. The van der Waals surface area contributed by atoms with Gasteiger partial charge >= 0.3 is 0 Å². The highest BCUT2D eigenvalue weighted by Crippen LogP contribution is 2.21. The highest BCUT2D eigenvalue weighted by Gasteiger charge is 2.30. The minimum atomic E-state index is -3.23. The zero-order valence-corrected chi connectivity index (χ0v) is 13.6. The van der Waals surface area contributed by atoms with E-state index in [0.29, 0.717) is 25.1 Å². The summed E-state index contributed by atoms with van der Waals surface area (Å²) in [6, 6.07) is 7.33. The van der Waals surface area contributed by atoms with Gasteiger partial charge in [-0.15, -0.1) is 0 Å². The summed E-state index contributed by atoms with van der Waals surface area (Å²) in [5.74, 6) is -0.422. The van der Waals surface area contributed by atoms with Gasteiger partial charge in [-0.05, 0) is 31.0 Å². The van der Waals surface area contributed by atoms with Crippen LogP contribution >= 0.6 is 15.9 Å². The largest absolute Gasteiger partial charge is 0.326 e. The lowest BCUT2D eigenvalue weighted by Gasteiger charge is -2.30. The summed E-state index contributed by atoms with van der Waals surface area (Å²) in [4.78, 5) is 12.2. The van der Waals surface area contributed by atoms with Gasteiger partial charge in [0.25, 0.3) is 0 Å². The van der Waals surface area contributed by atoms with Crippen LogP contribution in [0.15, 0.2) is 28.7 Å². The number of sulfonamides is 1. The first-order valence-electron chi connectivity index (χ1n) is 6.38. The Morgan fingerprint density at radius 1 is 1.45 bits per heavy atom. The number of nitrogens with zero attached hydrogens (tertiary/aromatic N) is 1. The van der Waals surface area contributed by atoms with Crippen molar-refractivity contribution in [3.05, 3.63) is 28.7 Å². The van der Waals surface area contributed by atoms with Crippen molar-refractivity contribution in [2.75, 3.05) is 24.7 Å². The van der Waals surface area contributed by atoms with Gasteiger partial charge in [-0.2, -0.15) is 0 Å². The number of carbonyl (C=O) groups excluding carboxylic acids is 1. The van der Waals surface area contributed by atoms with Gasteiger partial charge in [0.15, 0.2) is 0 Å². The summed E-state index contributed by atoms with van der Waals surface area (Å²) < 4.78 is 25.4. The molecule has 2 rings (SSSR count). The third-order valence-corrected chi connectivity index (χ3v) is 5.08. The van der Waals surface area contributed by atoms with Crippen molar-refractivity contribution in [1.29, 1.82) is 0 Å². The van der Waals surface area contributed by atoms with Crippen LogP contribution in [0.3, 0.4) is 0 Å². The molecule has 20 heavy (non-hydrogen) atoms. The van der Waals surface area contributed by atoms with Crippen molar-refractivity contribution < 1.29 is 13.2 Å². The molecule has 7 heteroatoms. The topological polar surface area (TPSA) is 66.5 Å². The van der Waals surface area contributed by atoms with Crippen molar-refractivity contribution in [2.45, 2.75) is 12.8 Å². The molecule has 0 bridgehead atoms. The molecular formula is C13H17BrN2O3S. The van der Waals surface area contributed by atoms with Gasteiger partial charge in [-0.1, -0.05) is 22.0 Å². The van der Waals surface area contributed by atoms with E-state index in [0.717, 1.165) is 4.47 Å². The number of carbonyl (C=O) groups is 1. The highest BCUT2D eigenvalue weighted by molar-refractivity contribution is 9.10. The highest BCUT2D eigenvalue weighted by atomic mass is 79.9. The monoisotopic (exact) mass is 360 g/mol. The molecule has 0 radical (unpaired) electrons. The summed E-state index contributed by atoms with van der Waals surface area (Å²) in [7, 11) is -3.23. The maximum atomic E-state index is 12.2. The second-order valence-electron chi connectivity index (χ2n) is 4.96. The van der Waals surface area contributed by atoms with E-state index in [1.807, 2.05) is 18.2 Å². The SMILES string of the molecule is CS(=O)(=O)N1CCC[C@@H](C(=O)Nc2cccc(Br)c2)C1. The van der Waals surface area contributed by atoms with E-state index < -0.39 is 10.0 Å². The van der Waals surface area contributed by atoms with Crippen LogP contribution in [-0.4, -0.2) is 38.0 Å². The van der Waals surface area contributed by atoms with E-state index in [2.05, 4.69) is 21.2 Å². The minimum Gasteiger partial charge on any atom is -0.326 e. The first kappa shape index (κ1) is 15.5. The maximum Gasteiger partial charge on any atom is 0.228 e. The molecule has 1 aromatic carbocycles. The summed E-state index contributed by atoms with van der Waals surface area (Å²) >= 11 is 3.34. The number of halogens is 1. The lowest BCUT2D eigenvalue weighted by molar-refractivity contribution is -0.120. The van der Waals surface area contributed by atoms with Crippen LogP contribution in [0.4, 0.5) is 5.69 Å². The third-order valence-electron chi connectivity index (χ3n) is 3.32. The zero-order valence-electron chi connectivity index (χ0n) is 11.2. The summed E-state index contributed by atoms with van der Waals surface area (Å²) in [6.07, 6.45) is 2.61. The second-order valence-corrected chi connectivity index (χ2v) is 7.86. The van der Waals surface area contributed by atoms with Crippen LogP contribution in [0, 0.1) is 5.92 Å². The number of hydrogen-bond acceptors (Lipinski definition) is 3. The van der Waals surface area contributed by atoms with E-state index in [4.69, 9.17) is 0 Å².